The second-order valence-corrected chi connectivity index (χ2v) is 8.16. The number of hydrogen-bond donors (Lipinski definition) is 1. The van der Waals surface area contributed by atoms with E-state index in [1.807, 2.05) is 24.3 Å². The fourth-order valence-corrected chi connectivity index (χ4v) is 4.07. The first kappa shape index (κ1) is 22.1. The first-order chi connectivity index (χ1) is 15.8. The summed E-state index contributed by atoms with van der Waals surface area (Å²) in [6.07, 6.45) is 6.58. The number of ether oxygens (including phenoxy) is 2. The Morgan fingerprint density at radius 2 is 1.41 bits per heavy atom. The third-order valence-corrected chi connectivity index (χ3v) is 5.85. The van der Waals surface area contributed by atoms with Crippen molar-refractivity contribution in [2.24, 2.45) is 0 Å². The minimum absolute atomic E-state index is 0.0172. The summed E-state index contributed by atoms with van der Waals surface area (Å²) < 4.78 is 12.4. The molecule has 0 radical (unpaired) electrons. The molecule has 32 heavy (non-hydrogen) atoms. The van der Waals surface area contributed by atoms with Gasteiger partial charge in [0.25, 0.3) is 0 Å². The Bertz CT molecular complexity index is 927. The minimum Gasteiger partial charge on any atom is -0.487 e. The van der Waals surface area contributed by atoms with E-state index in [1.165, 1.54) is 11.1 Å². The number of nitrogen functional groups attached to an aromatic ring is 1. The van der Waals surface area contributed by atoms with Crippen molar-refractivity contribution in [3.05, 3.63) is 108 Å². The van der Waals surface area contributed by atoms with Gasteiger partial charge in [-0.15, -0.1) is 0 Å². The molecule has 1 aliphatic rings. The molecule has 1 aliphatic heterocycles. The second-order valence-electron chi connectivity index (χ2n) is 8.16. The largest absolute Gasteiger partial charge is 0.487 e. The van der Waals surface area contributed by atoms with Gasteiger partial charge in [-0.2, -0.15) is 0 Å². The number of hydrogen-bond acceptors (Lipinski definition) is 4. The van der Waals surface area contributed by atoms with Crippen LogP contribution >= 0.6 is 0 Å². The van der Waals surface area contributed by atoms with Gasteiger partial charge in [-0.05, 0) is 36.1 Å². The van der Waals surface area contributed by atoms with Crippen LogP contribution in [-0.4, -0.2) is 37.2 Å². The molecule has 0 aliphatic carbocycles. The predicted octanol–water partition coefficient (Wildman–Crippen LogP) is 5.47. The molecule has 0 amide bonds. The van der Waals surface area contributed by atoms with E-state index in [2.05, 4.69) is 77.7 Å². The maximum Gasteiger partial charge on any atom is 0.142 e. The van der Waals surface area contributed by atoms with Crippen LogP contribution in [0, 0.1) is 0 Å². The minimum atomic E-state index is -0.0172. The number of likely N-dealkylation sites (tertiary alicyclic amines) is 1. The van der Waals surface area contributed by atoms with Crippen molar-refractivity contribution in [3.63, 3.8) is 0 Å². The zero-order valence-corrected chi connectivity index (χ0v) is 18.5. The van der Waals surface area contributed by atoms with Gasteiger partial charge < -0.3 is 15.2 Å². The standard InChI is InChI=1S/C28H32N2O2/c29-26-15-7-8-16-27(26)31-22-10-9-19-30-20-17-25(18-21-30)32-28(23-11-3-1-4-12-23)24-13-5-2-6-14-24/h1-16,25,28H,17-22,29H2/b10-9+. The average Bonchev–Trinajstić information content (AvgIpc) is 2.85. The highest BCUT2D eigenvalue weighted by molar-refractivity contribution is 5.51. The Morgan fingerprint density at radius 3 is 2.03 bits per heavy atom. The molecule has 0 saturated carbocycles. The Morgan fingerprint density at radius 1 is 0.812 bits per heavy atom. The third-order valence-electron chi connectivity index (χ3n) is 5.85. The molecular formula is C28H32N2O2. The topological polar surface area (TPSA) is 47.7 Å². The molecule has 4 nitrogen and oxygen atoms in total. The van der Waals surface area contributed by atoms with Gasteiger partial charge in [0.2, 0.25) is 0 Å². The van der Waals surface area contributed by atoms with Crippen LogP contribution in [0.2, 0.25) is 0 Å². The van der Waals surface area contributed by atoms with Crippen LogP contribution < -0.4 is 10.5 Å². The van der Waals surface area contributed by atoms with Crippen LogP contribution in [0.15, 0.2) is 97.1 Å². The fraction of sp³-hybridized carbons (Fsp3) is 0.286. The third kappa shape index (κ3) is 6.22. The smallest absolute Gasteiger partial charge is 0.142 e. The SMILES string of the molecule is Nc1ccccc1OC/C=C/CN1CCC(OC(c2ccccc2)c2ccccc2)CC1. The number of para-hydroxylation sites is 2. The summed E-state index contributed by atoms with van der Waals surface area (Å²) in [4.78, 5) is 2.47. The lowest BCUT2D eigenvalue weighted by Gasteiger charge is -2.33. The summed E-state index contributed by atoms with van der Waals surface area (Å²) in [5.74, 6) is 0.737. The van der Waals surface area contributed by atoms with Crippen LogP contribution in [0.4, 0.5) is 5.69 Å². The van der Waals surface area contributed by atoms with Gasteiger partial charge in [0, 0.05) is 19.6 Å². The Kier molecular flexibility index (Phi) is 7.96. The molecule has 0 aromatic heterocycles. The van der Waals surface area contributed by atoms with Gasteiger partial charge in [0.15, 0.2) is 0 Å². The van der Waals surface area contributed by atoms with E-state index >= 15 is 0 Å². The van der Waals surface area contributed by atoms with Crippen molar-refractivity contribution in [2.45, 2.75) is 25.0 Å². The van der Waals surface area contributed by atoms with Crippen molar-refractivity contribution in [2.75, 3.05) is 32.0 Å². The second kappa shape index (κ2) is 11.5. The molecule has 1 heterocycles. The Hall–Kier alpha value is -3.08. The van der Waals surface area contributed by atoms with Crippen molar-refractivity contribution in [1.29, 1.82) is 0 Å². The molecule has 0 bridgehead atoms. The van der Waals surface area contributed by atoms with Crippen molar-refractivity contribution < 1.29 is 9.47 Å². The van der Waals surface area contributed by atoms with E-state index in [9.17, 15) is 0 Å². The highest BCUT2D eigenvalue weighted by Crippen LogP contribution is 2.30. The van der Waals surface area contributed by atoms with Crippen LogP contribution in [0.5, 0.6) is 5.75 Å². The molecule has 3 aromatic rings. The Labute approximate surface area is 191 Å². The maximum atomic E-state index is 6.64. The molecule has 1 fully saturated rings. The van der Waals surface area contributed by atoms with Crippen LogP contribution in [-0.2, 0) is 4.74 Å². The van der Waals surface area contributed by atoms with Crippen LogP contribution in [0.3, 0.4) is 0 Å². The monoisotopic (exact) mass is 428 g/mol. The highest BCUT2D eigenvalue weighted by atomic mass is 16.5. The summed E-state index contributed by atoms with van der Waals surface area (Å²) in [5.41, 5.74) is 9.00. The van der Waals surface area contributed by atoms with E-state index in [1.54, 1.807) is 0 Å². The quantitative estimate of drug-likeness (QED) is 0.362. The number of piperidine rings is 1. The van der Waals surface area contributed by atoms with E-state index in [0.717, 1.165) is 38.2 Å². The predicted molar refractivity (Wildman–Crippen MR) is 131 cm³/mol. The van der Waals surface area contributed by atoms with E-state index in [0.29, 0.717) is 12.3 Å². The van der Waals surface area contributed by atoms with Gasteiger partial charge in [-0.3, -0.25) is 4.90 Å². The number of rotatable bonds is 9. The molecule has 0 atom stereocenters. The van der Waals surface area contributed by atoms with Gasteiger partial charge in [-0.1, -0.05) is 84.9 Å². The van der Waals surface area contributed by atoms with Crippen LogP contribution in [0.25, 0.3) is 0 Å². The number of nitrogens with zero attached hydrogens (tertiary/aromatic N) is 1. The van der Waals surface area contributed by atoms with E-state index in [4.69, 9.17) is 15.2 Å². The first-order valence-corrected chi connectivity index (χ1v) is 11.4. The lowest BCUT2D eigenvalue weighted by atomic mass is 10.00. The summed E-state index contributed by atoms with van der Waals surface area (Å²) in [7, 11) is 0. The summed E-state index contributed by atoms with van der Waals surface area (Å²) in [6.45, 7) is 3.54. The summed E-state index contributed by atoms with van der Waals surface area (Å²) in [6, 6.07) is 28.6. The molecule has 2 N–H and O–H groups in total. The highest BCUT2D eigenvalue weighted by Gasteiger charge is 2.24. The normalized spacial score (nSPS) is 15.4. The van der Waals surface area contributed by atoms with Crippen molar-refractivity contribution >= 4 is 5.69 Å². The van der Waals surface area contributed by atoms with Gasteiger partial charge in [0.1, 0.15) is 18.5 Å². The first-order valence-electron chi connectivity index (χ1n) is 11.4. The summed E-state index contributed by atoms with van der Waals surface area (Å²) in [5, 5.41) is 0. The van der Waals surface area contributed by atoms with Gasteiger partial charge in [0.05, 0.1) is 11.8 Å². The average molecular weight is 429 g/mol. The molecule has 4 heteroatoms. The molecule has 166 valence electrons. The van der Waals surface area contributed by atoms with Crippen LogP contribution in [0.1, 0.15) is 30.1 Å². The molecule has 0 unspecified atom stereocenters. The lowest BCUT2D eigenvalue weighted by molar-refractivity contribution is -0.0254. The van der Waals surface area contributed by atoms with Crippen molar-refractivity contribution in [1.82, 2.24) is 4.90 Å². The van der Waals surface area contributed by atoms with E-state index in [-0.39, 0.29) is 12.2 Å². The Balaban J connectivity index is 1.24. The molecule has 4 rings (SSSR count). The van der Waals surface area contributed by atoms with Crippen molar-refractivity contribution in [3.8, 4) is 5.75 Å². The van der Waals surface area contributed by atoms with E-state index < -0.39 is 0 Å². The zero-order chi connectivity index (χ0) is 22.0. The van der Waals surface area contributed by atoms with Gasteiger partial charge >= 0.3 is 0 Å². The zero-order valence-electron chi connectivity index (χ0n) is 18.5. The molecule has 0 spiro atoms. The molecule has 3 aromatic carbocycles. The summed E-state index contributed by atoms with van der Waals surface area (Å²) >= 11 is 0. The lowest BCUT2D eigenvalue weighted by Crippen LogP contribution is -2.37. The number of anilines is 1. The van der Waals surface area contributed by atoms with Gasteiger partial charge in [-0.25, -0.2) is 0 Å². The maximum absolute atomic E-state index is 6.64. The molecule has 1 saturated heterocycles. The number of nitrogens with two attached hydrogens (primary N) is 1. The fourth-order valence-electron chi connectivity index (χ4n) is 4.07. The molecular weight excluding hydrogens is 396 g/mol. The number of benzene rings is 3.